The average molecular weight is 282 g/mol. The lowest BCUT2D eigenvalue weighted by Crippen LogP contribution is -2.27. The summed E-state index contributed by atoms with van der Waals surface area (Å²) in [4.78, 5) is 15.2. The summed E-state index contributed by atoms with van der Waals surface area (Å²) in [7, 11) is 0. The van der Waals surface area contributed by atoms with Crippen LogP contribution in [0.25, 0.3) is 10.9 Å². The van der Waals surface area contributed by atoms with Crippen LogP contribution in [0.15, 0.2) is 47.0 Å². The third-order valence-corrected chi connectivity index (χ3v) is 3.52. The van der Waals surface area contributed by atoms with Gasteiger partial charge in [0.2, 0.25) is 5.91 Å². The minimum atomic E-state index is 0.0306. The first-order chi connectivity index (χ1) is 10.2. The van der Waals surface area contributed by atoms with Crippen molar-refractivity contribution < 1.29 is 9.21 Å². The molecule has 0 aliphatic heterocycles. The van der Waals surface area contributed by atoms with E-state index in [0.717, 1.165) is 28.0 Å². The minimum Gasteiger partial charge on any atom is -0.466 e. The molecule has 2 heterocycles. The molecule has 1 amide bonds. The van der Waals surface area contributed by atoms with Crippen molar-refractivity contribution in [3.05, 3.63) is 59.7 Å². The summed E-state index contributed by atoms with van der Waals surface area (Å²) >= 11 is 0. The fraction of sp³-hybridized carbons (Fsp3) is 0.235. The molecule has 0 saturated carbocycles. The van der Waals surface area contributed by atoms with Crippen molar-refractivity contribution in [2.45, 2.75) is 19.8 Å². The summed E-state index contributed by atoms with van der Waals surface area (Å²) in [5.41, 5.74) is 2.09. The lowest BCUT2D eigenvalue weighted by atomic mass is 10.1. The Kier molecular flexibility index (Phi) is 3.77. The molecule has 0 radical (unpaired) electrons. The number of hydrogen-bond acceptors (Lipinski definition) is 2. The number of carbonyl (C=O) groups is 1. The van der Waals surface area contributed by atoms with Crippen molar-refractivity contribution in [2.24, 2.45) is 0 Å². The van der Waals surface area contributed by atoms with Gasteiger partial charge in [0, 0.05) is 30.1 Å². The number of hydrogen-bond donors (Lipinski definition) is 2. The van der Waals surface area contributed by atoms with E-state index < -0.39 is 0 Å². The number of H-pyrrole nitrogens is 1. The summed E-state index contributed by atoms with van der Waals surface area (Å²) in [6.07, 6.45) is 3.01. The smallest absolute Gasteiger partial charge is 0.224 e. The van der Waals surface area contributed by atoms with Crippen molar-refractivity contribution in [2.75, 3.05) is 6.54 Å². The first kappa shape index (κ1) is 13.5. The van der Waals surface area contributed by atoms with Crippen molar-refractivity contribution >= 4 is 16.8 Å². The molecular weight excluding hydrogens is 264 g/mol. The van der Waals surface area contributed by atoms with Gasteiger partial charge < -0.3 is 14.7 Å². The van der Waals surface area contributed by atoms with E-state index in [4.69, 9.17) is 4.42 Å². The fourth-order valence-corrected chi connectivity index (χ4v) is 2.46. The molecule has 1 aromatic carbocycles. The summed E-state index contributed by atoms with van der Waals surface area (Å²) in [5.74, 6) is 1.83. The van der Waals surface area contributed by atoms with Crippen LogP contribution < -0.4 is 5.32 Å². The van der Waals surface area contributed by atoms with Crippen LogP contribution in [0, 0.1) is 6.92 Å². The second-order valence-corrected chi connectivity index (χ2v) is 5.15. The molecule has 3 aromatic rings. The Morgan fingerprint density at radius 2 is 2.10 bits per heavy atom. The Morgan fingerprint density at radius 3 is 2.90 bits per heavy atom. The number of aromatic amines is 1. The van der Waals surface area contributed by atoms with E-state index >= 15 is 0 Å². The molecule has 4 nitrogen and oxygen atoms in total. The van der Waals surface area contributed by atoms with Gasteiger partial charge in [0.05, 0.1) is 6.42 Å². The molecule has 21 heavy (non-hydrogen) atoms. The number of carbonyl (C=O) groups excluding carboxylic acids is 1. The first-order valence-corrected chi connectivity index (χ1v) is 7.09. The summed E-state index contributed by atoms with van der Waals surface area (Å²) < 4.78 is 5.47. The van der Waals surface area contributed by atoms with Gasteiger partial charge in [0.1, 0.15) is 11.5 Å². The number of fused-ring (bicyclic) bond motifs is 1. The highest BCUT2D eigenvalue weighted by Gasteiger charge is 2.08. The molecule has 2 N–H and O–H groups in total. The van der Waals surface area contributed by atoms with Crippen LogP contribution in [-0.4, -0.2) is 17.4 Å². The van der Waals surface area contributed by atoms with E-state index in [-0.39, 0.29) is 5.91 Å². The first-order valence-electron chi connectivity index (χ1n) is 7.09. The molecule has 0 aliphatic rings. The molecule has 0 spiro atoms. The molecule has 0 saturated heterocycles. The maximum atomic E-state index is 12.0. The fourth-order valence-electron chi connectivity index (χ4n) is 2.46. The van der Waals surface area contributed by atoms with Crippen LogP contribution in [0.4, 0.5) is 0 Å². The van der Waals surface area contributed by atoms with Gasteiger partial charge in [-0.15, -0.1) is 0 Å². The van der Waals surface area contributed by atoms with Crippen LogP contribution >= 0.6 is 0 Å². The van der Waals surface area contributed by atoms with Gasteiger partial charge in [0.15, 0.2) is 0 Å². The van der Waals surface area contributed by atoms with E-state index in [0.29, 0.717) is 19.4 Å². The van der Waals surface area contributed by atoms with E-state index in [2.05, 4.69) is 10.3 Å². The van der Waals surface area contributed by atoms with Crippen LogP contribution in [0.5, 0.6) is 0 Å². The summed E-state index contributed by atoms with van der Waals surface area (Å²) in [5, 5.41) is 4.04. The van der Waals surface area contributed by atoms with Crippen LogP contribution in [0.1, 0.15) is 17.1 Å². The molecule has 4 heteroatoms. The van der Waals surface area contributed by atoms with Crippen LogP contribution in [-0.2, 0) is 17.6 Å². The summed E-state index contributed by atoms with van der Waals surface area (Å²) in [6.45, 7) is 2.51. The number of para-hydroxylation sites is 1. The third kappa shape index (κ3) is 3.16. The maximum Gasteiger partial charge on any atom is 0.224 e. The monoisotopic (exact) mass is 282 g/mol. The van der Waals surface area contributed by atoms with Gasteiger partial charge in [-0.05, 0) is 30.7 Å². The minimum absolute atomic E-state index is 0.0306. The van der Waals surface area contributed by atoms with Gasteiger partial charge in [-0.1, -0.05) is 18.2 Å². The van der Waals surface area contributed by atoms with E-state index in [1.807, 2.05) is 49.5 Å². The highest BCUT2D eigenvalue weighted by atomic mass is 16.3. The second-order valence-electron chi connectivity index (χ2n) is 5.15. The van der Waals surface area contributed by atoms with E-state index in [1.54, 1.807) is 0 Å². The Hall–Kier alpha value is -2.49. The average Bonchev–Trinajstić information content (AvgIpc) is 3.06. The Bertz CT molecular complexity index is 755. The Morgan fingerprint density at radius 1 is 1.24 bits per heavy atom. The van der Waals surface area contributed by atoms with Gasteiger partial charge in [0.25, 0.3) is 0 Å². The molecule has 0 fully saturated rings. The topological polar surface area (TPSA) is 58.0 Å². The number of benzene rings is 1. The van der Waals surface area contributed by atoms with Crippen molar-refractivity contribution in [3.8, 4) is 0 Å². The molecule has 0 atom stereocenters. The van der Waals surface area contributed by atoms with Gasteiger partial charge in [-0.3, -0.25) is 4.79 Å². The van der Waals surface area contributed by atoms with Crippen molar-refractivity contribution in [3.63, 3.8) is 0 Å². The quantitative estimate of drug-likeness (QED) is 0.756. The van der Waals surface area contributed by atoms with Crippen LogP contribution in [0.2, 0.25) is 0 Å². The van der Waals surface area contributed by atoms with E-state index in [9.17, 15) is 4.79 Å². The van der Waals surface area contributed by atoms with Crippen molar-refractivity contribution in [1.82, 2.24) is 10.3 Å². The predicted molar refractivity (Wildman–Crippen MR) is 82.2 cm³/mol. The van der Waals surface area contributed by atoms with E-state index in [1.165, 1.54) is 0 Å². The highest BCUT2D eigenvalue weighted by molar-refractivity contribution is 5.88. The van der Waals surface area contributed by atoms with Crippen molar-refractivity contribution in [1.29, 1.82) is 0 Å². The Balaban J connectivity index is 1.54. The summed E-state index contributed by atoms with van der Waals surface area (Å²) in [6, 6.07) is 11.9. The normalized spacial score (nSPS) is 10.9. The van der Waals surface area contributed by atoms with Gasteiger partial charge in [-0.2, -0.15) is 0 Å². The number of amides is 1. The largest absolute Gasteiger partial charge is 0.466 e. The van der Waals surface area contributed by atoms with Gasteiger partial charge in [-0.25, -0.2) is 0 Å². The molecule has 0 bridgehead atoms. The molecule has 2 aromatic heterocycles. The zero-order valence-electron chi connectivity index (χ0n) is 12.0. The number of aromatic nitrogens is 1. The maximum absolute atomic E-state index is 12.0. The second kappa shape index (κ2) is 5.87. The number of rotatable bonds is 5. The zero-order chi connectivity index (χ0) is 14.7. The third-order valence-electron chi connectivity index (χ3n) is 3.52. The van der Waals surface area contributed by atoms with Gasteiger partial charge >= 0.3 is 0 Å². The number of aryl methyl sites for hydroxylation is 1. The molecular formula is C17H18N2O2. The van der Waals surface area contributed by atoms with Crippen LogP contribution in [0.3, 0.4) is 0 Å². The Labute approximate surface area is 123 Å². The molecule has 3 rings (SSSR count). The number of furan rings is 1. The SMILES string of the molecule is Cc1ccc(CCNC(=O)Cc2c[nH]c3ccccc23)o1. The lowest BCUT2D eigenvalue weighted by Gasteiger charge is -2.03. The molecule has 0 aliphatic carbocycles. The predicted octanol–water partition coefficient (Wildman–Crippen LogP) is 2.97. The molecule has 0 unspecified atom stereocenters. The lowest BCUT2D eigenvalue weighted by molar-refractivity contribution is -0.120. The molecule has 108 valence electrons. The zero-order valence-corrected chi connectivity index (χ0v) is 12.0. The highest BCUT2D eigenvalue weighted by Crippen LogP contribution is 2.17. The number of nitrogens with one attached hydrogen (secondary N) is 2. The standard InChI is InChI=1S/C17H18N2O2/c1-12-6-7-14(21-12)8-9-18-17(20)10-13-11-19-16-5-3-2-4-15(13)16/h2-7,11,19H,8-10H2,1H3,(H,18,20).